The Hall–Kier alpha value is -1.71. The van der Waals surface area contributed by atoms with E-state index in [-0.39, 0.29) is 11.4 Å². The van der Waals surface area contributed by atoms with Crippen LogP contribution in [0.25, 0.3) is 0 Å². The molecule has 0 bridgehead atoms. The van der Waals surface area contributed by atoms with Crippen LogP contribution in [-0.4, -0.2) is 19.6 Å². The highest BCUT2D eigenvalue weighted by Gasteiger charge is 2.11. The molecule has 1 aromatic rings. The Morgan fingerprint density at radius 2 is 2.06 bits per heavy atom. The molecule has 18 heavy (non-hydrogen) atoms. The van der Waals surface area contributed by atoms with Gasteiger partial charge in [-0.1, -0.05) is 20.8 Å². The summed E-state index contributed by atoms with van der Waals surface area (Å²) in [6, 6.07) is 5.10. The Kier molecular flexibility index (Phi) is 4.59. The van der Waals surface area contributed by atoms with Gasteiger partial charge in [0.05, 0.1) is 24.0 Å². The summed E-state index contributed by atoms with van der Waals surface area (Å²) in [5.74, 6) is -0.353. The second kappa shape index (κ2) is 5.76. The van der Waals surface area contributed by atoms with E-state index < -0.39 is 0 Å². The molecule has 0 aliphatic heterocycles. The minimum absolute atomic E-state index is 0.266. The van der Waals surface area contributed by atoms with E-state index >= 15 is 0 Å². The zero-order valence-corrected chi connectivity index (χ0v) is 11.5. The quantitative estimate of drug-likeness (QED) is 0.637. The maximum Gasteiger partial charge on any atom is 0.337 e. The van der Waals surface area contributed by atoms with Gasteiger partial charge >= 0.3 is 5.97 Å². The molecular weight excluding hydrogens is 228 g/mol. The van der Waals surface area contributed by atoms with Crippen LogP contribution >= 0.6 is 0 Å². The third kappa shape index (κ3) is 4.28. The second-order valence-corrected chi connectivity index (χ2v) is 5.53. The van der Waals surface area contributed by atoms with Crippen LogP contribution in [0.2, 0.25) is 0 Å². The van der Waals surface area contributed by atoms with Crippen LogP contribution in [0.15, 0.2) is 18.2 Å². The smallest absolute Gasteiger partial charge is 0.337 e. The average molecular weight is 250 g/mol. The third-order valence-electron chi connectivity index (χ3n) is 2.66. The van der Waals surface area contributed by atoms with E-state index in [1.54, 1.807) is 18.2 Å². The van der Waals surface area contributed by atoms with Crippen LogP contribution in [-0.2, 0) is 4.74 Å². The first-order valence-corrected chi connectivity index (χ1v) is 6.05. The summed E-state index contributed by atoms with van der Waals surface area (Å²) in [6.45, 7) is 7.37. The molecule has 4 heteroatoms. The van der Waals surface area contributed by atoms with E-state index in [0.29, 0.717) is 11.3 Å². The number of nitrogen functional groups attached to an aromatic ring is 1. The van der Waals surface area contributed by atoms with Crippen molar-refractivity contribution in [1.29, 1.82) is 0 Å². The van der Waals surface area contributed by atoms with E-state index in [1.165, 1.54) is 7.11 Å². The van der Waals surface area contributed by atoms with Gasteiger partial charge in [0, 0.05) is 6.54 Å². The monoisotopic (exact) mass is 250 g/mol. The average Bonchev–Trinajstić information content (AvgIpc) is 2.29. The van der Waals surface area contributed by atoms with Gasteiger partial charge in [-0.2, -0.15) is 0 Å². The molecule has 0 fully saturated rings. The first kappa shape index (κ1) is 14.4. The standard InChI is InChI=1S/C14H22N2O2/c1-14(2,3)7-8-16-12-9-10(13(17)18-4)5-6-11(12)15/h5-6,9,16H,7-8,15H2,1-4H3. The van der Waals surface area contributed by atoms with Gasteiger partial charge in [-0.05, 0) is 30.0 Å². The van der Waals surface area contributed by atoms with Gasteiger partial charge in [-0.25, -0.2) is 4.79 Å². The Labute approximate surface area is 109 Å². The molecule has 0 amide bonds. The first-order valence-electron chi connectivity index (χ1n) is 6.05. The topological polar surface area (TPSA) is 64.3 Å². The molecule has 0 saturated carbocycles. The number of ether oxygens (including phenoxy) is 1. The van der Waals surface area contributed by atoms with E-state index in [1.807, 2.05) is 0 Å². The summed E-state index contributed by atoms with van der Waals surface area (Å²) < 4.78 is 4.68. The van der Waals surface area contributed by atoms with Crippen LogP contribution in [0.3, 0.4) is 0 Å². The zero-order valence-electron chi connectivity index (χ0n) is 11.5. The van der Waals surface area contributed by atoms with Crippen molar-refractivity contribution in [2.24, 2.45) is 5.41 Å². The molecule has 0 aromatic heterocycles. The Morgan fingerprint density at radius 3 is 2.61 bits per heavy atom. The molecule has 0 atom stereocenters. The molecular formula is C14H22N2O2. The molecule has 1 aromatic carbocycles. The fraction of sp³-hybridized carbons (Fsp3) is 0.500. The van der Waals surface area contributed by atoms with Gasteiger partial charge in [0.15, 0.2) is 0 Å². The largest absolute Gasteiger partial charge is 0.465 e. The third-order valence-corrected chi connectivity index (χ3v) is 2.66. The fourth-order valence-electron chi connectivity index (χ4n) is 1.53. The number of methoxy groups -OCH3 is 1. The predicted molar refractivity (Wildman–Crippen MR) is 74.8 cm³/mol. The molecule has 0 aliphatic carbocycles. The number of hydrogen-bond donors (Lipinski definition) is 2. The number of benzene rings is 1. The van der Waals surface area contributed by atoms with Crippen molar-refractivity contribution in [3.8, 4) is 0 Å². The number of carbonyl (C=O) groups excluding carboxylic acids is 1. The van der Waals surface area contributed by atoms with Crippen molar-refractivity contribution < 1.29 is 9.53 Å². The normalized spacial score (nSPS) is 11.1. The number of nitrogens with one attached hydrogen (secondary N) is 1. The molecule has 1 rings (SSSR count). The van der Waals surface area contributed by atoms with Crippen LogP contribution in [0.5, 0.6) is 0 Å². The van der Waals surface area contributed by atoms with Crippen LogP contribution in [0, 0.1) is 5.41 Å². The maximum atomic E-state index is 11.4. The van der Waals surface area contributed by atoms with Gasteiger partial charge in [0.2, 0.25) is 0 Å². The van der Waals surface area contributed by atoms with E-state index in [0.717, 1.165) is 18.7 Å². The Bertz CT molecular complexity index is 422. The van der Waals surface area contributed by atoms with E-state index in [4.69, 9.17) is 5.73 Å². The highest BCUT2D eigenvalue weighted by Crippen LogP contribution is 2.23. The van der Waals surface area contributed by atoms with Crippen molar-refractivity contribution >= 4 is 17.3 Å². The van der Waals surface area contributed by atoms with Crippen molar-refractivity contribution in [2.45, 2.75) is 27.2 Å². The summed E-state index contributed by atoms with van der Waals surface area (Å²) in [5, 5.41) is 3.26. The minimum atomic E-state index is -0.353. The summed E-state index contributed by atoms with van der Waals surface area (Å²) in [4.78, 5) is 11.4. The van der Waals surface area contributed by atoms with E-state index in [2.05, 4.69) is 30.8 Å². The van der Waals surface area contributed by atoms with Crippen molar-refractivity contribution in [1.82, 2.24) is 0 Å². The van der Waals surface area contributed by atoms with Crippen LogP contribution in [0.1, 0.15) is 37.6 Å². The summed E-state index contributed by atoms with van der Waals surface area (Å²) in [6.07, 6.45) is 1.02. The molecule has 0 aliphatic rings. The zero-order chi connectivity index (χ0) is 13.8. The first-order chi connectivity index (χ1) is 8.33. The van der Waals surface area contributed by atoms with Crippen LogP contribution in [0.4, 0.5) is 11.4 Å². The maximum absolute atomic E-state index is 11.4. The molecule has 0 unspecified atom stereocenters. The summed E-state index contributed by atoms with van der Waals surface area (Å²) >= 11 is 0. The number of rotatable bonds is 4. The highest BCUT2D eigenvalue weighted by atomic mass is 16.5. The lowest BCUT2D eigenvalue weighted by atomic mass is 9.92. The number of anilines is 2. The van der Waals surface area contributed by atoms with Gasteiger partial charge in [0.1, 0.15) is 0 Å². The van der Waals surface area contributed by atoms with Crippen molar-refractivity contribution in [3.63, 3.8) is 0 Å². The molecule has 0 saturated heterocycles. The number of carbonyl (C=O) groups is 1. The lowest BCUT2D eigenvalue weighted by Gasteiger charge is -2.19. The minimum Gasteiger partial charge on any atom is -0.465 e. The predicted octanol–water partition coefficient (Wildman–Crippen LogP) is 2.90. The van der Waals surface area contributed by atoms with Crippen LogP contribution < -0.4 is 11.1 Å². The SMILES string of the molecule is COC(=O)c1ccc(N)c(NCCC(C)(C)C)c1. The second-order valence-electron chi connectivity index (χ2n) is 5.53. The number of hydrogen-bond acceptors (Lipinski definition) is 4. The molecule has 0 spiro atoms. The summed E-state index contributed by atoms with van der Waals surface area (Å²) in [7, 11) is 1.37. The molecule has 100 valence electrons. The fourth-order valence-corrected chi connectivity index (χ4v) is 1.53. The van der Waals surface area contributed by atoms with E-state index in [9.17, 15) is 4.79 Å². The Balaban J connectivity index is 2.73. The summed E-state index contributed by atoms with van der Waals surface area (Å²) in [5.41, 5.74) is 8.05. The Morgan fingerprint density at radius 1 is 1.39 bits per heavy atom. The number of nitrogens with two attached hydrogens (primary N) is 1. The van der Waals surface area contributed by atoms with Gasteiger partial charge in [-0.15, -0.1) is 0 Å². The lowest BCUT2D eigenvalue weighted by molar-refractivity contribution is 0.0601. The van der Waals surface area contributed by atoms with Gasteiger partial charge < -0.3 is 15.8 Å². The lowest BCUT2D eigenvalue weighted by Crippen LogP contribution is -2.14. The molecule has 0 heterocycles. The molecule has 4 nitrogen and oxygen atoms in total. The van der Waals surface area contributed by atoms with Gasteiger partial charge in [-0.3, -0.25) is 0 Å². The van der Waals surface area contributed by atoms with Gasteiger partial charge in [0.25, 0.3) is 0 Å². The molecule has 0 radical (unpaired) electrons. The van der Waals surface area contributed by atoms with Crippen molar-refractivity contribution in [3.05, 3.63) is 23.8 Å². The highest BCUT2D eigenvalue weighted by molar-refractivity contribution is 5.91. The number of esters is 1. The van der Waals surface area contributed by atoms with Crippen molar-refractivity contribution in [2.75, 3.05) is 24.7 Å². The molecule has 3 N–H and O–H groups in total.